The van der Waals surface area contributed by atoms with Crippen LogP contribution in [-0.2, 0) is 9.59 Å². The molecule has 0 aliphatic carbocycles. The first kappa shape index (κ1) is 15.7. The number of aliphatic hydroxyl groups is 1. The van der Waals surface area contributed by atoms with Crippen molar-refractivity contribution in [1.82, 2.24) is 0 Å². The topological polar surface area (TPSA) is 101 Å². The Bertz CT molecular complexity index is 59.6. The van der Waals surface area contributed by atoms with E-state index in [2.05, 4.69) is 5.73 Å². The van der Waals surface area contributed by atoms with Gasteiger partial charge in [0.2, 0.25) is 6.41 Å². The van der Waals surface area contributed by atoms with Gasteiger partial charge in [0.25, 0.3) is 5.97 Å². The number of primary amides is 1. The van der Waals surface area contributed by atoms with Gasteiger partial charge in [-0.15, -0.1) is 0 Å². The molecule has 9 heavy (non-hydrogen) atoms. The summed E-state index contributed by atoms with van der Waals surface area (Å²) in [5.74, 6) is -0.833. The molecule has 0 atom stereocenters. The number of aliphatic carboxylic acids is 1. The average molecular weight is 137 g/mol. The number of aliphatic hydroxyl groups excluding tert-OH is 1. The molecule has 0 spiro atoms. The van der Waals surface area contributed by atoms with Crippen LogP contribution in [-0.4, -0.2) is 29.7 Å². The summed E-state index contributed by atoms with van der Waals surface area (Å²) < 4.78 is 0. The number of carbonyl (C=O) groups is 2. The summed E-state index contributed by atoms with van der Waals surface area (Å²) in [5, 5.41) is 14.4. The van der Waals surface area contributed by atoms with E-state index in [-0.39, 0.29) is 6.41 Å². The van der Waals surface area contributed by atoms with E-state index in [9.17, 15) is 0 Å². The van der Waals surface area contributed by atoms with E-state index in [1.54, 1.807) is 0 Å². The van der Waals surface area contributed by atoms with E-state index in [1.165, 1.54) is 0 Å². The van der Waals surface area contributed by atoms with E-state index in [4.69, 9.17) is 19.8 Å². The van der Waals surface area contributed by atoms with Crippen LogP contribution in [0, 0.1) is 0 Å². The van der Waals surface area contributed by atoms with Crippen molar-refractivity contribution < 1.29 is 19.8 Å². The highest BCUT2D eigenvalue weighted by molar-refractivity contribution is 5.62. The van der Waals surface area contributed by atoms with Gasteiger partial charge in [-0.25, -0.2) is 0 Å². The van der Waals surface area contributed by atoms with Gasteiger partial charge in [0, 0.05) is 14.0 Å². The summed E-state index contributed by atoms with van der Waals surface area (Å²) in [6.07, 6.45) is 0.250. The van der Waals surface area contributed by atoms with E-state index >= 15 is 0 Å². The van der Waals surface area contributed by atoms with Crippen molar-refractivity contribution in [2.24, 2.45) is 5.73 Å². The Morgan fingerprint density at radius 3 is 1.56 bits per heavy atom. The smallest absolute Gasteiger partial charge is 0.300 e. The molecule has 0 rings (SSSR count). The molecule has 0 aliphatic rings. The molecule has 0 aliphatic heterocycles. The lowest BCUT2D eigenvalue weighted by atomic mass is 10.9. The molecule has 0 fully saturated rings. The first-order chi connectivity index (χ1) is 4.15. The molecule has 0 aromatic rings. The Hall–Kier alpha value is -1.10. The average Bonchev–Trinajstić information content (AvgIpc) is 1.71. The number of nitrogens with two attached hydrogens (primary N) is 1. The van der Waals surface area contributed by atoms with Crippen LogP contribution >= 0.6 is 0 Å². The van der Waals surface area contributed by atoms with Crippen LogP contribution in [0.5, 0.6) is 0 Å². The number of hydrogen-bond acceptors (Lipinski definition) is 3. The quantitative estimate of drug-likeness (QED) is 0.365. The number of carbonyl (C=O) groups excluding carboxylic acids is 1. The molecule has 0 aromatic carbocycles. The minimum Gasteiger partial charge on any atom is -0.481 e. The molecule has 0 heterocycles. The molecule has 56 valence electrons. The molecule has 0 radical (unpaired) electrons. The summed E-state index contributed by atoms with van der Waals surface area (Å²) in [4.78, 5) is 17.6. The van der Waals surface area contributed by atoms with Crippen LogP contribution in [0.3, 0.4) is 0 Å². The van der Waals surface area contributed by atoms with E-state index < -0.39 is 5.97 Å². The zero-order valence-electron chi connectivity index (χ0n) is 5.37. The predicted molar refractivity (Wildman–Crippen MR) is 31.7 cm³/mol. The van der Waals surface area contributed by atoms with Gasteiger partial charge in [0.15, 0.2) is 0 Å². The standard InChI is InChI=1S/C2H4O2.CH3NO.CH4O/c1-2(3)4;2-1-3;1-2/h1H3,(H,3,4);1H,(H2,2,3);2H,1H3. The first-order valence-electron chi connectivity index (χ1n) is 1.94. The van der Waals surface area contributed by atoms with Crippen LogP contribution in [0.1, 0.15) is 6.92 Å². The van der Waals surface area contributed by atoms with Crippen molar-refractivity contribution in [1.29, 1.82) is 0 Å². The van der Waals surface area contributed by atoms with Crippen LogP contribution in [0.15, 0.2) is 0 Å². The molecular weight excluding hydrogens is 126 g/mol. The predicted octanol–water partition coefficient (Wildman–Crippen LogP) is -1.20. The highest BCUT2D eigenvalue weighted by Gasteiger charge is 1.65. The highest BCUT2D eigenvalue weighted by Crippen LogP contribution is 1.42. The number of carboxylic acids is 1. The van der Waals surface area contributed by atoms with Crippen molar-refractivity contribution in [2.45, 2.75) is 6.92 Å². The fourth-order valence-corrected chi connectivity index (χ4v) is 0. The Labute approximate surface area is 53.1 Å². The number of carboxylic acid groups (broad SMARTS) is 1. The lowest BCUT2D eigenvalue weighted by Gasteiger charge is -1.59. The Morgan fingerprint density at radius 2 is 1.56 bits per heavy atom. The molecule has 5 nitrogen and oxygen atoms in total. The molecular formula is C4H11NO4. The van der Waals surface area contributed by atoms with Gasteiger partial charge in [0.05, 0.1) is 0 Å². The van der Waals surface area contributed by atoms with Crippen molar-refractivity contribution in [3.8, 4) is 0 Å². The van der Waals surface area contributed by atoms with Gasteiger partial charge in [-0.2, -0.15) is 0 Å². The van der Waals surface area contributed by atoms with Crippen LogP contribution in [0.4, 0.5) is 0 Å². The second-order valence-corrected chi connectivity index (χ2v) is 0.655. The zero-order chi connectivity index (χ0) is 8.28. The SMILES string of the molecule is CC(=O)O.CO.NC=O. The third kappa shape index (κ3) is 137. The first-order valence-corrected chi connectivity index (χ1v) is 1.94. The summed E-state index contributed by atoms with van der Waals surface area (Å²) in [6, 6.07) is 0. The van der Waals surface area contributed by atoms with Gasteiger partial charge in [0.1, 0.15) is 0 Å². The van der Waals surface area contributed by atoms with E-state index in [1.807, 2.05) is 0 Å². The molecule has 1 amide bonds. The summed E-state index contributed by atoms with van der Waals surface area (Å²) >= 11 is 0. The third-order valence-corrected chi connectivity index (χ3v) is 0. The lowest BCUT2D eigenvalue weighted by Crippen LogP contribution is -1.82. The largest absolute Gasteiger partial charge is 0.481 e. The molecule has 0 saturated heterocycles. The maximum absolute atomic E-state index is 9.00. The third-order valence-electron chi connectivity index (χ3n) is 0. The van der Waals surface area contributed by atoms with Gasteiger partial charge in [-0.05, 0) is 0 Å². The summed E-state index contributed by atoms with van der Waals surface area (Å²) in [6.45, 7) is 1.08. The number of amides is 1. The van der Waals surface area contributed by atoms with Crippen LogP contribution in [0.2, 0.25) is 0 Å². The van der Waals surface area contributed by atoms with Gasteiger partial charge < -0.3 is 15.9 Å². The van der Waals surface area contributed by atoms with Crippen molar-refractivity contribution in [3.63, 3.8) is 0 Å². The fraction of sp³-hybridized carbons (Fsp3) is 0.500. The number of hydrogen-bond donors (Lipinski definition) is 3. The minimum atomic E-state index is -0.833. The lowest BCUT2D eigenvalue weighted by molar-refractivity contribution is -0.134. The Balaban J connectivity index is -0.0000000646. The van der Waals surface area contributed by atoms with Crippen molar-refractivity contribution >= 4 is 12.4 Å². The minimum absolute atomic E-state index is 0.250. The molecule has 4 N–H and O–H groups in total. The zero-order valence-corrected chi connectivity index (χ0v) is 5.37. The van der Waals surface area contributed by atoms with Crippen LogP contribution in [0.25, 0.3) is 0 Å². The van der Waals surface area contributed by atoms with E-state index in [0.717, 1.165) is 14.0 Å². The van der Waals surface area contributed by atoms with Gasteiger partial charge in [-0.1, -0.05) is 0 Å². The summed E-state index contributed by atoms with van der Waals surface area (Å²) in [5.41, 5.74) is 4.17. The number of rotatable bonds is 0. The molecule has 0 bridgehead atoms. The fourth-order valence-electron chi connectivity index (χ4n) is 0. The molecule has 5 heteroatoms. The van der Waals surface area contributed by atoms with E-state index in [0.29, 0.717) is 0 Å². The van der Waals surface area contributed by atoms with Crippen molar-refractivity contribution in [3.05, 3.63) is 0 Å². The van der Waals surface area contributed by atoms with Gasteiger partial charge in [-0.3, -0.25) is 9.59 Å². The Morgan fingerprint density at radius 1 is 1.56 bits per heavy atom. The van der Waals surface area contributed by atoms with Gasteiger partial charge >= 0.3 is 0 Å². The second kappa shape index (κ2) is 28.6. The van der Waals surface area contributed by atoms with Crippen LogP contribution < -0.4 is 5.73 Å². The maximum atomic E-state index is 9.00. The highest BCUT2D eigenvalue weighted by atomic mass is 16.4. The second-order valence-electron chi connectivity index (χ2n) is 0.655. The summed E-state index contributed by atoms with van der Waals surface area (Å²) in [7, 11) is 1.00. The molecule has 0 saturated carbocycles. The monoisotopic (exact) mass is 137 g/mol. The normalized spacial score (nSPS) is 4.78. The molecule has 0 unspecified atom stereocenters. The van der Waals surface area contributed by atoms with Crippen molar-refractivity contribution in [2.75, 3.05) is 7.11 Å². The molecule has 0 aromatic heterocycles. The Kier molecular flexibility index (Phi) is 49.7. The maximum Gasteiger partial charge on any atom is 0.300 e.